The van der Waals surface area contributed by atoms with E-state index in [0.29, 0.717) is 30.4 Å². The summed E-state index contributed by atoms with van der Waals surface area (Å²) < 4.78 is 0. The molecule has 3 N–H and O–H groups in total. The Morgan fingerprint density at radius 3 is 2.79 bits per heavy atom. The molecule has 7 heteroatoms. The molecule has 0 aliphatic carbocycles. The van der Waals surface area contributed by atoms with Crippen LogP contribution < -0.4 is 11.1 Å². The summed E-state index contributed by atoms with van der Waals surface area (Å²) in [6.45, 7) is 6.37. The van der Waals surface area contributed by atoms with Crippen molar-refractivity contribution in [1.29, 1.82) is 0 Å². The van der Waals surface area contributed by atoms with Crippen molar-refractivity contribution in [3.8, 4) is 0 Å². The number of nitrogens with two attached hydrogens (primary N) is 1. The topological polar surface area (TPSA) is 95.7 Å². The predicted octanol–water partition coefficient (Wildman–Crippen LogP) is 0.864. The third-order valence-corrected chi connectivity index (χ3v) is 6.38. The van der Waals surface area contributed by atoms with E-state index in [1.54, 1.807) is 4.90 Å². The number of amides is 3. The van der Waals surface area contributed by atoms with E-state index in [9.17, 15) is 14.4 Å². The fourth-order valence-corrected chi connectivity index (χ4v) is 4.82. The van der Waals surface area contributed by atoms with Crippen molar-refractivity contribution in [2.75, 3.05) is 19.6 Å². The molecule has 2 fully saturated rings. The molecular weight excluding hydrogens is 356 g/mol. The van der Waals surface area contributed by atoms with Crippen molar-refractivity contribution in [1.82, 2.24) is 15.1 Å². The third kappa shape index (κ3) is 3.56. The van der Waals surface area contributed by atoms with Crippen LogP contribution in [-0.4, -0.2) is 53.2 Å². The van der Waals surface area contributed by atoms with Crippen molar-refractivity contribution < 1.29 is 14.4 Å². The second-order valence-electron chi connectivity index (χ2n) is 8.40. The molecule has 1 aromatic rings. The van der Waals surface area contributed by atoms with Gasteiger partial charge in [0.25, 0.3) is 5.91 Å². The lowest BCUT2D eigenvalue weighted by atomic mass is 9.95. The molecule has 3 heterocycles. The summed E-state index contributed by atoms with van der Waals surface area (Å²) in [6.07, 6.45) is 1.73. The Bertz CT molecular complexity index is 809. The van der Waals surface area contributed by atoms with Gasteiger partial charge in [-0.3, -0.25) is 24.6 Å². The third-order valence-electron chi connectivity index (χ3n) is 6.38. The van der Waals surface area contributed by atoms with Crippen molar-refractivity contribution in [3.63, 3.8) is 0 Å². The molecule has 4 rings (SSSR count). The summed E-state index contributed by atoms with van der Waals surface area (Å²) in [5.41, 5.74) is 8.49. The van der Waals surface area contributed by atoms with Crippen LogP contribution in [0.4, 0.5) is 0 Å². The first kappa shape index (κ1) is 19.1. The van der Waals surface area contributed by atoms with E-state index >= 15 is 0 Å². The maximum Gasteiger partial charge on any atom is 0.255 e. The molecule has 1 aromatic carbocycles. The summed E-state index contributed by atoms with van der Waals surface area (Å²) in [4.78, 5) is 40.5. The first-order valence-corrected chi connectivity index (χ1v) is 10.1. The highest BCUT2D eigenvalue weighted by molar-refractivity contribution is 6.05. The molecule has 3 amide bonds. The van der Waals surface area contributed by atoms with E-state index in [4.69, 9.17) is 5.73 Å². The molecule has 0 spiro atoms. The highest BCUT2D eigenvalue weighted by Crippen LogP contribution is 2.30. The van der Waals surface area contributed by atoms with Crippen LogP contribution in [0.5, 0.6) is 0 Å². The van der Waals surface area contributed by atoms with E-state index in [2.05, 4.69) is 23.2 Å². The molecule has 0 saturated carbocycles. The minimum atomic E-state index is -0.558. The van der Waals surface area contributed by atoms with E-state index in [1.807, 2.05) is 12.1 Å². The highest BCUT2D eigenvalue weighted by Gasteiger charge is 2.39. The molecule has 3 aliphatic heterocycles. The van der Waals surface area contributed by atoms with Gasteiger partial charge in [-0.15, -0.1) is 0 Å². The molecule has 2 saturated heterocycles. The quantitative estimate of drug-likeness (QED) is 0.735. The average molecular weight is 384 g/mol. The monoisotopic (exact) mass is 384 g/mol. The van der Waals surface area contributed by atoms with Gasteiger partial charge in [0.15, 0.2) is 0 Å². The van der Waals surface area contributed by atoms with Crippen LogP contribution in [0.25, 0.3) is 0 Å². The van der Waals surface area contributed by atoms with Gasteiger partial charge in [0.2, 0.25) is 11.8 Å². The lowest BCUT2D eigenvalue weighted by Crippen LogP contribution is -2.52. The zero-order chi connectivity index (χ0) is 19.8. The minimum absolute atomic E-state index is 0.109. The fraction of sp³-hybridized carbons (Fsp3) is 0.571. The van der Waals surface area contributed by atoms with E-state index in [-0.39, 0.29) is 24.1 Å². The Kier molecular flexibility index (Phi) is 5.21. The van der Waals surface area contributed by atoms with Crippen molar-refractivity contribution in [2.45, 2.75) is 45.3 Å². The van der Waals surface area contributed by atoms with Gasteiger partial charge in [0.1, 0.15) is 6.04 Å². The highest BCUT2D eigenvalue weighted by atomic mass is 16.2. The van der Waals surface area contributed by atoms with Gasteiger partial charge in [0, 0.05) is 38.2 Å². The molecule has 150 valence electrons. The minimum Gasteiger partial charge on any atom is -0.330 e. The molecule has 28 heavy (non-hydrogen) atoms. The number of hydrogen-bond acceptors (Lipinski definition) is 5. The van der Waals surface area contributed by atoms with E-state index < -0.39 is 6.04 Å². The molecule has 0 aromatic heterocycles. The number of hydrogen-bond donors (Lipinski definition) is 2. The molecule has 3 aliphatic rings. The van der Waals surface area contributed by atoms with Gasteiger partial charge in [-0.1, -0.05) is 19.1 Å². The lowest BCUT2D eigenvalue weighted by Gasteiger charge is -2.29. The van der Waals surface area contributed by atoms with Crippen LogP contribution in [0.3, 0.4) is 0 Å². The molecule has 0 bridgehead atoms. The number of piperidine rings is 1. The van der Waals surface area contributed by atoms with Crippen LogP contribution >= 0.6 is 0 Å². The molecule has 0 radical (unpaired) electrons. The maximum absolute atomic E-state index is 12.9. The Morgan fingerprint density at radius 1 is 1.21 bits per heavy atom. The first-order chi connectivity index (χ1) is 13.5. The van der Waals surface area contributed by atoms with Gasteiger partial charge in [0.05, 0.1) is 0 Å². The maximum atomic E-state index is 12.9. The normalized spacial score (nSPS) is 28.0. The number of rotatable bonds is 5. The lowest BCUT2D eigenvalue weighted by molar-refractivity contribution is -0.136. The Labute approximate surface area is 165 Å². The zero-order valence-electron chi connectivity index (χ0n) is 16.3. The molecular formula is C21H28N4O3. The van der Waals surface area contributed by atoms with Gasteiger partial charge in [-0.2, -0.15) is 0 Å². The smallest absolute Gasteiger partial charge is 0.255 e. The predicted molar refractivity (Wildman–Crippen MR) is 104 cm³/mol. The first-order valence-electron chi connectivity index (χ1n) is 10.1. The number of benzene rings is 1. The van der Waals surface area contributed by atoms with Gasteiger partial charge >= 0.3 is 0 Å². The van der Waals surface area contributed by atoms with Crippen LogP contribution in [0.2, 0.25) is 0 Å². The number of carbonyl (C=O) groups excluding carboxylic acids is 3. The van der Waals surface area contributed by atoms with E-state index in [0.717, 1.165) is 43.7 Å². The summed E-state index contributed by atoms with van der Waals surface area (Å²) in [7, 11) is 0. The van der Waals surface area contributed by atoms with Crippen LogP contribution in [0.1, 0.15) is 47.7 Å². The van der Waals surface area contributed by atoms with Crippen molar-refractivity contribution >= 4 is 17.7 Å². The van der Waals surface area contributed by atoms with Gasteiger partial charge in [-0.05, 0) is 48.4 Å². The summed E-state index contributed by atoms with van der Waals surface area (Å²) in [5, 5.41) is 2.34. The second-order valence-corrected chi connectivity index (χ2v) is 8.40. The van der Waals surface area contributed by atoms with Crippen LogP contribution in [0, 0.1) is 11.8 Å². The number of nitrogens with zero attached hydrogens (tertiary/aromatic N) is 2. The Morgan fingerprint density at radius 2 is 2.04 bits per heavy atom. The van der Waals surface area contributed by atoms with Gasteiger partial charge in [-0.25, -0.2) is 0 Å². The van der Waals surface area contributed by atoms with Gasteiger partial charge < -0.3 is 10.6 Å². The SMILES string of the molecule is C[C@@H]1CN(Cc2ccc3c(c2)C(=O)N(C2CCC(=O)NC2=O)C3)C[C@H]1CCN. The van der Waals surface area contributed by atoms with Crippen LogP contribution in [-0.2, 0) is 22.7 Å². The standard InChI is InChI=1S/C21H28N4O3/c1-13-9-24(11-15(13)6-7-22)10-14-2-3-16-12-25(21(28)17(16)8-14)18-4-5-19(26)23-20(18)27/h2-3,8,13,15,18H,4-7,9-12,22H2,1H3,(H,23,26,27)/t13-,15-,18?/m1/s1. The number of fused-ring (bicyclic) bond motifs is 1. The molecule has 1 unspecified atom stereocenters. The Hall–Kier alpha value is -2.25. The number of likely N-dealkylation sites (tertiary alicyclic amines) is 1. The second kappa shape index (κ2) is 7.64. The molecule has 3 atom stereocenters. The Balaban J connectivity index is 1.45. The summed E-state index contributed by atoms with van der Waals surface area (Å²) >= 11 is 0. The largest absolute Gasteiger partial charge is 0.330 e. The van der Waals surface area contributed by atoms with Crippen molar-refractivity contribution in [2.24, 2.45) is 17.6 Å². The van der Waals surface area contributed by atoms with Crippen molar-refractivity contribution in [3.05, 3.63) is 34.9 Å². The summed E-state index contributed by atoms with van der Waals surface area (Å²) in [6, 6.07) is 5.51. The van der Waals surface area contributed by atoms with E-state index in [1.165, 1.54) is 0 Å². The van der Waals surface area contributed by atoms with Crippen LogP contribution in [0.15, 0.2) is 18.2 Å². The number of carbonyl (C=O) groups is 3. The summed E-state index contributed by atoms with van der Waals surface area (Å²) in [5.74, 6) is 0.545. The number of nitrogens with one attached hydrogen (secondary N) is 1. The zero-order valence-corrected chi connectivity index (χ0v) is 16.3. The fourth-order valence-electron chi connectivity index (χ4n) is 4.82. The number of imide groups is 1. The molecule has 7 nitrogen and oxygen atoms in total. The average Bonchev–Trinajstić information content (AvgIpc) is 3.16.